The van der Waals surface area contributed by atoms with Gasteiger partial charge in [-0.3, -0.25) is 4.79 Å². The number of halogens is 3. The van der Waals surface area contributed by atoms with Crippen molar-refractivity contribution < 1.29 is 18.0 Å². The number of tetrazole rings is 1. The number of hydrogen-bond acceptors (Lipinski definition) is 5. The zero-order valence-electron chi connectivity index (χ0n) is 12.2. The molecule has 1 aliphatic rings. The number of nitrogens with zero attached hydrogens (tertiary/aromatic N) is 3. The van der Waals surface area contributed by atoms with E-state index in [1.165, 1.54) is 11.3 Å². The minimum atomic E-state index is -4.58. The number of aromatic amines is 1. The average molecular weight is 343 g/mol. The lowest BCUT2D eigenvalue weighted by Gasteiger charge is -2.37. The number of nitrogens with one attached hydrogen (secondary N) is 2. The lowest BCUT2D eigenvalue weighted by molar-refractivity contribution is -0.191. The first-order valence-corrected chi connectivity index (χ1v) is 7.51. The third kappa shape index (κ3) is 2.52. The first-order valence-electron chi connectivity index (χ1n) is 6.63. The fraction of sp³-hybridized carbons (Fsp3) is 0.385. The molecule has 0 aliphatic carbocycles. The molecule has 1 amide bonds. The molecule has 3 rings (SSSR count). The van der Waals surface area contributed by atoms with Gasteiger partial charge in [0, 0.05) is 11.3 Å². The van der Waals surface area contributed by atoms with Crippen molar-refractivity contribution >= 4 is 28.4 Å². The van der Waals surface area contributed by atoms with Crippen LogP contribution in [0.25, 0.3) is 11.1 Å². The quantitative estimate of drug-likeness (QED) is 0.877. The monoisotopic (exact) mass is 343 g/mol. The number of aryl methyl sites for hydroxylation is 1. The summed E-state index contributed by atoms with van der Waals surface area (Å²) in [6.45, 7) is 2.75. The lowest BCUT2D eigenvalue weighted by Crippen LogP contribution is -2.59. The normalized spacial score (nSPS) is 22.4. The van der Waals surface area contributed by atoms with Gasteiger partial charge in [0.1, 0.15) is 5.54 Å². The Morgan fingerprint density at radius 1 is 1.39 bits per heavy atom. The van der Waals surface area contributed by atoms with E-state index in [1.54, 1.807) is 18.4 Å². The van der Waals surface area contributed by atoms with E-state index in [0.29, 0.717) is 4.88 Å². The molecule has 23 heavy (non-hydrogen) atoms. The summed E-state index contributed by atoms with van der Waals surface area (Å²) in [4.78, 5) is 13.0. The van der Waals surface area contributed by atoms with Gasteiger partial charge in [0.25, 0.3) is 5.91 Å². The Hall–Kier alpha value is -2.23. The number of carbonyl (C=O) groups is 1. The fourth-order valence-corrected chi connectivity index (χ4v) is 3.47. The molecule has 0 saturated heterocycles. The van der Waals surface area contributed by atoms with Crippen LogP contribution in [-0.2, 0) is 4.79 Å². The molecule has 0 radical (unpaired) electrons. The molecule has 10 heteroatoms. The number of rotatable bonds is 2. The molecule has 1 aliphatic heterocycles. The first-order chi connectivity index (χ1) is 10.7. The van der Waals surface area contributed by atoms with Crippen LogP contribution in [-0.4, -0.2) is 38.2 Å². The van der Waals surface area contributed by atoms with Gasteiger partial charge >= 0.3 is 6.18 Å². The molecule has 1 unspecified atom stereocenters. The van der Waals surface area contributed by atoms with Crippen molar-refractivity contribution in [3.63, 3.8) is 0 Å². The third-order valence-electron chi connectivity index (χ3n) is 3.78. The summed E-state index contributed by atoms with van der Waals surface area (Å²) < 4.78 is 40.2. The Kier molecular flexibility index (Phi) is 3.51. The highest BCUT2D eigenvalue weighted by Gasteiger charge is 2.55. The second-order valence-corrected chi connectivity index (χ2v) is 6.40. The van der Waals surface area contributed by atoms with Crippen LogP contribution in [0.5, 0.6) is 0 Å². The Bertz CT molecular complexity index is 780. The van der Waals surface area contributed by atoms with Crippen LogP contribution in [0.15, 0.2) is 11.4 Å². The van der Waals surface area contributed by atoms with E-state index in [-0.39, 0.29) is 17.0 Å². The lowest BCUT2D eigenvalue weighted by atomic mass is 9.83. The summed E-state index contributed by atoms with van der Waals surface area (Å²) in [6, 6.07) is 1.79. The summed E-state index contributed by atoms with van der Waals surface area (Å²) in [7, 11) is 0. The molecule has 1 atom stereocenters. The van der Waals surface area contributed by atoms with Crippen molar-refractivity contribution in [3.05, 3.63) is 27.7 Å². The standard InChI is InChI=1S/C13H12F3N5OS/c1-6-3-4-23-9(6)7-5-12(2,13(14,15)16)17-11(22)8(7)10-18-20-21-19-10/h3-4H,5H2,1-2H3,(H,17,22)(H,18,19,20,21). The summed E-state index contributed by atoms with van der Waals surface area (Å²) in [5.41, 5.74) is -1.25. The third-order valence-corrected chi connectivity index (χ3v) is 4.86. The Morgan fingerprint density at radius 3 is 2.65 bits per heavy atom. The zero-order chi connectivity index (χ0) is 16.8. The SMILES string of the molecule is Cc1ccsc1C1=C(c2nn[nH]n2)C(=O)NC(C)(C(F)(F)F)C1. The fourth-order valence-electron chi connectivity index (χ4n) is 2.49. The Balaban J connectivity index is 2.22. The summed E-state index contributed by atoms with van der Waals surface area (Å²) in [6.07, 6.45) is -4.98. The largest absolute Gasteiger partial charge is 0.411 e. The summed E-state index contributed by atoms with van der Waals surface area (Å²) >= 11 is 1.28. The average Bonchev–Trinajstić information content (AvgIpc) is 3.07. The van der Waals surface area contributed by atoms with Crippen molar-refractivity contribution in [1.29, 1.82) is 0 Å². The molecule has 0 bridgehead atoms. The molecule has 0 saturated carbocycles. The number of H-pyrrole nitrogens is 1. The van der Waals surface area contributed by atoms with Gasteiger partial charge in [-0.25, -0.2) is 0 Å². The maximum absolute atomic E-state index is 13.4. The van der Waals surface area contributed by atoms with Crippen molar-refractivity contribution in [3.8, 4) is 0 Å². The van der Waals surface area contributed by atoms with Gasteiger partial charge in [0.2, 0.25) is 5.82 Å². The smallest absolute Gasteiger partial charge is 0.338 e. The number of aromatic nitrogens is 4. The molecule has 0 spiro atoms. The molecule has 2 N–H and O–H groups in total. The van der Waals surface area contributed by atoms with Crippen LogP contribution >= 0.6 is 11.3 Å². The van der Waals surface area contributed by atoms with Crippen LogP contribution in [0.1, 0.15) is 29.6 Å². The predicted molar refractivity (Wildman–Crippen MR) is 77.3 cm³/mol. The topological polar surface area (TPSA) is 83.6 Å². The minimum absolute atomic E-state index is 0.0190. The Morgan fingerprint density at radius 2 is 2.13 bits per heavy atom. The Labute approximate surface area is 132 Å². The van der Waals surface area contributed by atoms with E-state index < -0.39 is 24.0 Å². The molecule has 122 valence electrons. The number of amides is 1. The molecule has 2 aromatic heterocycles. The molecular formula is C13H12F3N5OS. The first kappa shape index (κ1) is 15.7. The maximum Gasteiger partial charge on any atom is 0.411 e. The van der Waals surface area contributed by atoms with E-state index in [2.05, 4.69) is 20.6 Å². The highest BCUT2D eigenvalue weighted by atomic mass is 32.1. The number of thiophene rings is 1. The van der Waals surface area contributed by atoms with Gasteiger partial charge < -0.3 is 5.32 Å². The maximum atomic E-state index is 13.4. The molecular weight excluding hydrogens is 331 g/mol. The van der Waals surface area contributed by atoms with Crippen molar-refractivity contribution in [2.45, 2.75) is 32.0 Å². The number of alkyl halides is 3. The van der Waals surface area contributed by atoms with E-state index in [4.69, 9.17) is 0 Å². The van der Waals surface area contributed by atoms with Crippen molar-refractivity contribution in [2.24, 2.45) is 0 Å². The van der Waals surface area contributed by atoms with E-state index >= 15 is 0 Å². The molecule has 0 aromatic carbocycles. The van der Waals surface area contributed by atoms with Crippen LogP contribution < -0.4 is 5.32 Å². The second-order valence-electron chi connectivity index (χ2n) is 5.48. The molecule has 0 fully saturated rings. The van der Waals surface area contributed by atoms with Gasteiger partial charge in [-0.15, -0.1) is 21.5 Å². The highest BCUT2D eigenvalue weighted by Crippen LogP contribution is 2.45. The van der Waals surface area contributed by atoms with Gasteiger partial charge in [0.05, 0.1) is 5.57 Å². The molecule has 3 heterocycles. The van der Waals surface area contributed by atoms with Crippen molar-refractivity contribution in [2.75, 3.05) is 0 Å². The second kappa shape index (κ2) is 5.15. The van der Waals surface area contributed by atoms with E-state index in [0.717, 1.165) is 12.5 Å². The molecule has 2 aromatic rings. The predicted octanol–water partition coefficient (Wildman–Crippen LogP) is 2.32. The highest BCUT2D eigenvalue weighted by molar-refractivity contribution is 7.11. The summed E-state index contributed by atoms with van der Waals surface area (Å²) in [5, 5.41) is 16.9. The van der Waals surface area contributed by atoms with Crippen LogP contribution in [0.3, 0.4) is 0 Å². The van der Waals surface area contributed by atoms with Gasteiger partial charge in [0.15, 0.2) is 0 Å². The van der Waals surface area contributed by atoms with Crippen LogP contribution in [0.4, 0.5) is 13.2 Å². The van der Waals surface area contributed by atoms with Gasteiger partial charge in [-0.1, -0.05) is 0 Å². The van der Waals surface area contributed by atoms with E-state index in [9.17, 15) is 18.0 Å². The molecule has 6 nitrogen and oxygen atoms in total. The number of hydrogen-bond donors (Lipinski definition) is 2. The van der Waals surface area contributed by atoms with Crippen LogP contribution in [0, 0.1) is 6.92 Å². The van der Waals surface area contributed by atoms with Gasteiger partial charge in [-0.05, 0) is 41.6 Å². The van der Waals surface area contributed by atoms with Crippen LogP contribution in [0.2, 0.25) is 0 Å². The summed E-state index contributed by atoms with van der Waals surface area (Å²) in [5.74, 6) is -0.880. The van der Waals surface area contributed by atoms with Crippen molar-refractivity contribution in [1.82, 2.24) is 25.9 Å². The zero-order valence-corrected chi connectivity index (χ0v) is 13.0. The van der Waals surface area contributed by atoms with Gasteiger partial charge in [-0.2, -0.15) is 18.4 Å². The van der Waals surface area contributed by atoms with E-state index in [1.807, 2.05) is 5.32 Å². The minimum Gasteiger partial charge on any atom is -0.338 e. The number of carbonyl (C=O) groups excluding carboxylic acids is 1.